The Balaban J connectivity index is 0.000000364. The molecule has 0 spiro atoms. The second-order valence-corrected chi connectivity index (χ2v) is 3.57. The molecule has 0 unspecified atom stereocenters. The van der Waals surface area contributed by atoms with E-state index in [4.69, 9.17) is 0 Å². The van der Waals surface area contributed by atoms with Crippen molar-refractivity contribution in [3.63, 3.8) is 0 Å². The molecule has 0 aromatic heterocycles. The van der Waals surface area contributed by atoms with Crippen LogP contribution in [-0.4, -0.2) is 38.1 Å². The average molecular weight is 201 g/mol. The lowest BCUT2D eigenvalue weighted by molar-refractivity contribution is -0.119. The van der Waals surface area contributed by atoms with Crippen LogP contribution < -0.4 is 0 Å². The highest BCUT2D eigenvalue weighted by Crippen LogP contribution is 2.18. The van der Waals surface area contributed by atoms with E-state index >= 15 is 0 Å². The fraction of sp³-hybridized carbons (Fsp3) is 0.909. The molecule has 0 aromatic carbocycles. The maximum Gasteiger partial charge on any atom is 0.209 e. The Morgan fingerprint density at radius 3 is 2.14 bits per heavy atom. The van der Waals surface area contributed by atoms with Gasteiger partial charge in [-0.1, -0.05) is 13.3 Å². The van der Waals surface area contributed by atoms with E-state index in [1.54, 1.807) is 7.11 Å². The van der Waals surface area contributed by atoms with E-state index < -0.39 is 0 Å². The quantitative estimate of drug-likeness (QED) is 0.653. The van der Waals surface area contributed by atoms with Gasteiger partial charge in [-0.3, -0.25) is 4.79 Å². The summed E-state index contributed by atoms with van der Waals surface area (Å²) in [6.45, 7) is 6.95. The lowest BCUT2D eigenvalue weighted by atomic mass is 9.95. The molecule has 0 aliphatic carbocycles. The molecule has 0 radical (unpaired) electrons. The van der Waals surface area contributed by atoms with Crippen LogP contribution in [0.15, 0.2) is 0 Å². The Kier molecular flexibility index (Phi) is 8.64. The number of amides is 1. The molecule has 1 heterocycles. The predicted octanol–water partition coefficient (Wildman–Crippen LogP) is 1.92. The second kappa shape index (κ2) is 9.00. The van der Waals surface area contributed by atoms with E-state index in [0.717, 1.165) is 32.0 Å². The zero-order valence-electron chi connectivity index (χ0n) is 9.66. The number of carbonyl (C=O) groups excluding carboxylic acids is 1. The van der Waals surface area contributed by atoms with Crippen molar-refractivity contribution < 1.29 is 9.53 Å². The molecular weight excluding hydrogens is 178 g/mol. The Morgan fingerprint density at radius 1 is 1.36 bits per heavy atom. The summed E-state index contributed by atoms with van der Waals surface area (Å²) >= 11 is 0. The number of rotatable bonds is 3. The molecule has 3 heteroatoms. The van der Waals surface area contributed by atoms with Crippen LogP contribution in [0, 0.1) is 5.92 Å². The van der Waals surface area contributed by atoms with Crippen molar-refractivity contribution in [2.45, 2.75) is 33.1 Å². The van der Waals surface area contributed by atoms with Gasteiger partial charge in [-0.2, -0.15) is 0 Å². The van der Waals surface area contributed by atoms with E-state index in [0.29, 0.717) is 0 Å². The van der Waals surface area contributed by atoms with Crippen molar-refractivity contribution in [3.8, 4) is 0 Å². The molecule has 1 amide bonds. The largest absolute Gasteiger partial charge is 0.385 e. The molecule has 84 valence electrons. The number of piperidine rings is 1. The molecule has 1 aliphatic heterocycles. The molecule has 1 saturated heterocycles. The third kappa shape index (κ3) is 5.97. The lowest BCUT2D eigenvalue weighted by Crippen LogP contribution is -2.32. The van der Waals surface area contributed by atoms with Gasteiger partial charge in [-0.15, -0.1) is 0 Å². The maximum absolute atomic E-state index is 10.3. The molecule has 0 atom stereocenters. The van der Waals surface area contributed by atoms with Crippen molar-refractivity contribution >= 4 is 6.41 Å². The molecule has 3 nitrogen and oxygen atoms in total. The first-order chi connectivity index (χ1) is 6.78. The molecule has 1 rings (SSSR count). The first kappa shape index (κ1) is 13.4. The summed E-state index contributed by atoms with van der Waals surface area (Å²) in [6.07, 6.45) is 4.64. The van der Waals surface area contributed by atoms with E-state index in [2.05, 4.69) is 11.7 Å². The van der Waals surface area contributed by atoms with Gasteiger partial charge in [-0.05, 0) is 25.7 Å². The maximum atomic E-state index is 10.3. The summed E-state index contributed by atoms with van der Waals surface area (Å²) in [5, 5.41) is 0. The van der Waals surface area contributed by atoms with Gasteiger partial charge in [0.1, 0.15) is 0 Å². The average Bonchev–Trinajstić information content (AvgIpc) is 2.29. The molecule has 14 heavy (non-hydrogen) atoms. The zero-order valence-corrected chi connectivity index (χ0v) is 9.66. The van der Waals surface area contributed by atoms with Crippen LogP contribution in [0.5, 0.6) is 0 Å². The Morgan fingerprint density at radius 2 is 1.86 bits per heavy atom. The normalized spacial score (nSPS) is 17.2. The third-order valence-corrected chi connectivity index (χ3v) is 2.66. The number of methoxy groups -OCH3 is 1. The Labute approximate surface area is 87.4 Å². The predicted molar refractivity (Wildman–Crippen MR) is 58.2 cm³/mol. The van der Waals surface area contributed by atoms with Gasteiger partial charge in [0.25, 0.3) is 0 Å². The van der Waals surface area contributed by atoms with Crippen molar-refractivity contribution in [3.05, 3.63) is 0 Å². The number of hydrogen-bond donors (Lipinski definition) is 0. The standard InChI is InChI=1S/C8H15NO.C3H8O/c1-2-8-3-5-9(7-10)6-4-8;1-3-4-2/h7-8H,2-6H2,1H3;3H2,1-2H3. The topological polar surface area (TPSA) is 29.5 Å². The van der Waals surface area contributed by atoms with Gasteiger partial charge in [0, 0.05) is 26.8 Å². The minimum Gasteiger partial charge on any atom is -0.385 e. The fourth-order valence-corrected chi connectivity index (χ4v) is 1.47. The second-order valence-electron chi connectivity index (χ2n) is 3.57. The van der Waals surface area contributed by atoms with Crippen molar-refractivity contribution in [2.24, 2.45) is 5.92 Å². The van der Waals surface area contributed by atoms with Gasteiger partial charge < -0.3 is 9.64 Å². The van der Waals surface area contributed by atoms with Gasteiger partial charge in [0.05, 0.1) is 0 Å². The molecular formula is C11H23NO2. The van der Waals surface area contributed by atoms with Gasteiger partial charge >= 0.3 is 0 Å². The Hall–Kier alpha value is -0.570. The van der Waals surface area contributed by atoms with Crippen molar-refractivity contribution in [1.82, 2.24) is 4.90 Å². The minimum absolute atomic E-state index is 0.819. The third-order valence-electron chi connectivity index (χ3n) is 2.66. The highest BCUT2D eigenvalue weighted by molar-refractivity contribution is 5.47. The highest BCUT2D eigenvalue weighted by atomic mass is 16.5. The van der Waals surface area contributed by atoms with E-state index in [-0.39, 0.29) is 0 Å². The summed E-state index contributed by atoms with van der Waals surface area (Å²) in [6, 6.07) is 0. The monoisotopic (exact) mass is 201 g/mol. The molecule has 0 bridgehead atoms. The molecule has 1 aliphatic rings. The zero-order chi connectivity index (χ0) is 10.8. The first-order valence-electron chi connectivity index (χ1n) is 5.46. The Bertz CT molecular complexity index is 129. The van der Waals surface area contributed by atoms with Crippen LogP contribution in [0.4, 0.5) is 0 Å². The van der Waals surface area contributed by atoms with Crippen LogP contribution in [0.1, 0.15) is 33.1 Å². The van der Waals surface area contributed by atoms with Gasteiger partial charge in [-0.25, -0.2) is 0 Å². The van der Waals surface area contributed by atoms with E-state index in [1.807, 2.05) is 11.8 Å². The summed E-state index contributed by atoms with van der Waals surface area (Å²) in [4.78, 5) is 12.1. The van der Waals surface area contributed by atoms with Gasteiger partial charge in [0.2, 0.25) is 6.41 Å². The van der Waals surface area contributed by atoms with Gasteiger partial charge in [0.15, 0.2) is 0 Å². The number of hydrogen-bond acceptors (Lipinski definition) is 2. The fourth-order valence-electron chi connectivity index (χ4n) is 1.47. The molecule has 0 N–H and O–H groups in total. The number of likely N-dealkylation sites (tertiary alicyclic amines) is 1. The number of ether oxygens (including phenoxy) is 1. The van der Waals surface area contributed by atoms with Crippen molar-refractivity contribution in [1.29, 1.82) is 0 Å². The number of nitrogens with zero attached hydrogens (tertiary/aromatic N) is 1. The number of carbonyl (C=O) groups is 1. The van der Waals surface area contributed by atoms with Crippen LogP contribution in [0.2, 0.25) is 0 Å². The minimum atomic E-state index is 0.819. The molecule has 0 aromatic rings. The molecule has 1 fully saturated rings. The molecule has 0 saturated carbocycles. The van der Waals surface area contributed by atoms with E-state index in [1.165, 1.54) is 19.3 Å². The van der Waals surface area contributed by atoms with Crippen LogP contribution in [-0.2, 0) is 9.53 Å². The summed E-state index contributed by atoms with van der Waals surface area (Å²) in [5.41, 5.74) is 0. The van der Waals surface area contributed by atoms with E-state index in [9.17, 15) is 4.79 Å². The summed E-state index contributed by atoms with van der Waals surface area (Å²) in [7, 11) is 1.68. The van der Waals surface area contributed by atoms with Crippen LogP contribution in [0.25, 0.3) is 0 Å². The SMILES string of the molecule is CCC1CCN(C=O)CC1.CCOC. The van der Waals surface area contributed by atoms with Crippen LogP contribution in [0.3, 0.4) is 0 Å². The first-order valence-corrected chi connectivity index (χ1v) is 5.46. The van der Waals surface area contributed by atoms with Crippen LogP contribution >= 0.6 is 0 Å². The van der Waals surface area contributed by atoms with Crippen molar-refractivity contribution in [2.75, 3.05) is 26.8 Å². The lowest BCUT2D eigenvalue weighted by Gasteiger charge is -2.28. The summed E-state index contributed by atoms with van der Waals surface area (Å²) in [5.74, 6) is 0.871. The summed E-state index contributed by atoms with van der Waals surface area (Å²) < 4.78 is 4.54. The smallest absolute Gasteiger partial charge is 0.209 e. The highest BCUT2D eigenvalue weighted by Gasteiger charge is 2.15.